The number of carbonyl (C=O) groups is 2. The van der Waals surface area contributed by atoms with Crippen LogP contribution in [0.25, 0.3) is 0 Å². The van der Waals surface area contributed by atoms with Gasteiger partial charge in [-0.25, -0.2) is 4.99 Å². The fraction of sp³-hybridized carbons (Fsp3) is 0.591. The number of guanidine groups is 1. The average Bonchev–Trinajstić information content (AvgIpc) is 3.21. The number of likely N-dealkylation sites (tertiary alicyclic amines) is 1. The van der Waals surface area contributed by atoms with E-state index in [2.05, 4.69) is 15.6 Å². The number of primary amides is 1. The zero-order valence-corrected chi connectivity index (χ0v) is 17.3. The fourth-order valence-electron chi connectivity index (χ4n) is 4.14. The lowest BCUT2D eigenvalue weighted by Gasteiger charge is -2.26. The first-order chi connectivity index (χ1) is 14.1. The molecule has 1 aliphatic heterocycles. The highest BCUT2D eigenvalue weighted by Gasteiger charge is 2.31. The molecule has 7 heteroatoms. The molecule has 1 aliphatic carbocycles. The molecule has 4 N–H and O–H groups in total. The molecule has 1 saturated heterocycles. The van der Waals surface area contributed by atoms with Crippen molar-refractivity contribution in [3.05, 3.63) is 35.4 Å². The second-order valence-corrected chi connectivity index (χ2v) is 8.01. The molecule has 2 fully saturated rings. The lowest BCUT2D eigenvalue weighted by Crippen LogP contribution is -2.45. The Balaban J connectivity index is 1.53. The van der Waals surface area contributed by atoms with Crippen LogP contribution in [0, 0.1) is 5.92 Å². The largest absolute Gasteiger partial charge is 0.366 e. The second-order valence-electron chi connectivity index (χ2n) is 8.01. The van der Waals surface area contributed by atoms with E-state index in [9.17, 15) is 9.59 Å². The highest BCUT2D eigenvalue weighted by molar-refractivity contribution is 5.92. The Labute approximate surface area is 173 Å². The molecule has 158 valence electrons. The fourth-order valence-corrected chi connectivity index (χ4v) is 4.14. The van der Waals surface area contributed by atoms with Crippen LogP contribution in [-0.2, 0) is 11.3 Å². The summed E-state index contributed by atoms with van der Waals surface area (Å²) in [4.78, 5) is 30.6. The quantitative estimate of drug-likeness (QED) is 0.503. The third-order valence-corrected chi connectivity index (χ3v) is 5.80. The summed E-state index contributed by atoms with van der Waals surface area (Å²) >= 11 is 0. The standard InChI is InChI=1S/C22H33N5O2/c1-2-24-22(25-14-16-8-10-17(11-9-16)20(23)28)26-19-12-13-27(15-19)21(29)18-6-4-3-5-7-18/h8-11,18-19H,2-7,12-15H2,1H3,(H2,23,28)(H2,24,25,26). The topological polar surface area (TPSA) is 99.8 Å². The number of benzene rings is 1. The van der Waals surface area contributed by atoms with Gasteiger partial charge in [0.2, 0.25) is 11.8 Å². The van der Waals surface area contributed by atoms with Crippen LogP contribution in [0.15, 0.2) is 29.3 Å². The first-order valence-corrected chi connectivity index (χ1v) is 10.8. The Morgan fingerprint density at radius 1 is 1.14 bits per heavy atom. The first kappa shape index (κ1) is 21.1. The molecule has 29 heavy (non-hydrogen) atoms. The monoisotopic (exact) mass is 399 g/mol. The highest BCUT2D eigenvalue weighted by Crippen LogP contribution is 2.26. The Morgan fingerprint density at radius 3 is 2.52 bits per heavy atom. The van der Waals surface area contributed by atoms with Gasteiger partial charge in [-0.1, -0.05) is 31.4 Å². The summed E-state index contributed by atoms with van der Waals surface area (Å²) in [5, 5.41) is 6.75. The van der Waals surface area contributed by atoms with Crippen LogP contribution < -0.4 is 16.4 Å². The van der Waals surface area contributed by atoms with Gasteiger partial charge in [-0.05, 0) is 43.9 Å². The zero-order chi connectivity index (χ0) is 20.6. The predicted molar refractivity (Wildman–Crippen MR) is 114 cm³/mol. The van der Waals surface area contributed by atoms with Crippen molar-refractivity contribution in [2.75, 3.05) is 19.6 Å². The Bertz CT molecular complexity index is 725. The number of hydrogen-bond donors (Lipinski definition) is 3. The molecule has 3 rings (SSSR count). The second kappa shape index (κ2) is 10.3. The summed E-state index contributed by atoms with van der Waals surface area (Å²) in [6.45, 7) is 4.87. The molecule has 2 amide bonds. The van der Waals surface area contributed by atoms with Crippen LogP contribution in [0.2, 0.25) is 0 Å². The van der Waals surface area contributed by atoms with E-state index >= 15 is 0 Å². The van der Waals surface area contributed by atoms with E-state index in [-0.39, 0.29) is 12.0 Å². The number of rotatable bonds is 6. The number of carbonyl (C=O) groups excluding carboxylic acids is 2. The molecule has 0 spiro atoms. The molecule has 0 radical (unpaired) electrons. The average molecular weight is 400 g/mol. The normalized spacial score (nSPS) is 20.5. The molecule has 1 aromatic carbocycles. The number of nitrogens with two attached hydrogens (primary N) is 1. The van der Waals surface area contributed by atoms with E-state index in [4.69, 9.17) is 5.73 Å². The third kappa shape index (κ3) is 5.95. The van der Waals surface area contributed by atoms with Gasteiger partial charge in [0, 0.05) is 37.2 Å². The van der Waals surface area contributed by atoms with Crippen molar-refractivity contribution in [2.24, 2.45) is 16.6 Å². The number of aliphatic imine (C=N–C) groups is 1. The van der Waals surface area contributed by atoms with E-state index in [1.54, 1.807) is 12.1 Å². The summed E-state index contributed by atoms with van der Waals surface area (Å²) in [7, 11) is 0. The minimum Gasteiger partial charge on any atom is -0.366 e. The number of amides is 2. The minimum atomic E-state index is -0.427. The van der Waals surface area contributed by atoms with Crippen molar-refractivity contribution in [2.45, 2.75) is 58.0 Å². The molecular weight excluding hydrogens is 366 g/mol. The molecule has 7 nitrogen and oxygen atoms in total. The molecule has 1 saturated carbocycles. The lowest BCUT2D eigenvalue weighted by molar-refractivity contribution is -0.135. The van der Waals surface area contributed by atoms with E-state index in [0.29, 0.717) is 18.0 Å². The summed E-state index contributed by atoms with van der Waals surface area (Å²) in [6.07, 6.45) is 6.67. The van der Waals surface area contributed by atoms with Crippen LogP contribution in [0.5, 0.6) is 0 Å². The summed E-state index contributed by atoms with van der Waals surface area (Å²) in [5.74, 6) is 0.894. The van der Waals surface area contributed by atoms with Crippen molar-refractivity contribution in [1.82, 2.24) is 15.5 Å². The minimum absolute atomic E-state index is 0.220. The zero-order valence-electron chi connectivity index (χ0n) is 17.3. The van der Waals surface area contributed by atoms with Gasteiger partial charge in [-0.3, -0.25) is 9.59 Å². The predicted octanol–water partition coefficient (Wildman–Crippen LogP) is 2.02. The summed E-state index contributed by atoms with van der Waals surface area (Å²) in [5.41, 5.74) is 6.79. The van der Waals surface area contributed by atoms with Crippen LogP contribution in [-0.4, -0.2) is 48.3 Å². The molecular formula is C22H33N5O2. The molecule has 0 aromatic heterocycles. The molecule has 2 aliphatic rings. The molecule has 0 bridgehead atoms. The molecule has 1 atom stereocenters. The van der Waals surface area contributed by atoms with Crippen molar-refractivity contribution in [3.63, 3.8) is 0 Å². The van der Waals surface area contributed by atoms with E-state index in [1.165, 1.54) is 19.3 Å². The van der Waals surface area contributed by atoms with Gasteiger partial charge in [0.05, 0.1) is 6.54 Å². The maximum atomic E-state index is 12.8. The van der Waals surface area contributed by atoms with Gasteiger partial charge in [-0.15, -0.1) is 0 Å². The van der Waals surface area contributed by atoms with Crippen molar-refractivity contribution in [3.8, 4) is 0 Å². The van der Waals surface area contributed by atoms with Gasteiger partial charge >= 0.3 is 0 Å². The van der Waals surface area contributed by atoms with Crippen molar-refractivity contribution < 1.29 is 9.59 Å². The molecule has 1 unspecified atom stereocenters. The van der Waals surface area contributed by atoms with Gasteiger partial charge < -0.3 is 21.3 Å². The number of nitrogens with zero attached hydrogens (tertiary/aromatic N) is 2. The van der Waals surface area contributed by atoms with E-state index in [1.807, 2.05) is 24.0 Å². The first-order valence-electron chi connectivity index (χ1n) is 10.8. The van der Waals surface area contributed by atoms with Crippen LogP contribution >= 0.6 is 0 Å². The SMILES string of the molecule is CCNC(=NCc1ccc(C(N)=O)cc1)NC1CCN(C(=O)C2CCCCC2)C1. The van der Waals surface area contributed by atoms with Gasteiger partial charge in [0.1, 0.15) is 0 Å². The number of hydrogen-bond acceptors (Lipinski definition) is 3. The Kier molecular flexibility index (Phi) is 7.49. The van der Waals surface area contributed by atoms with E-state index in [0.717, 1.165) is 50.4 Å². The van der Waals surface area contributed by atoms with Gasteiger partial charge in [0.25, 0.3) is 0 Å². The van der Waals surface area contributed by atoms with Crippen molar-refractivity contribution in [1.29, 1.82) is 0 Å². The van der Waals surface area contributed by atoms with Crippen molar-refractivity contribution >= 4 is 17.8 Å². The Morgan fingerprint density at radius 2 is 1.86 bits per heavy atom. The highest BCUT2D eigenvalue weighted by atomic mass is 16.2. The van der Waals surface area contributed by atoms with Crippen LogP contribution in [0.4, 0.5) is 0 Å². The van der Waals surface area contributed by atoms with Gasteiger partial charge in [0.15, 0.2) is 5.96 Å². The van der Waals surface area contributed by atoms with Crippen LogP contribution in [0.3, 0.4) is 0 Å². The summed E-state index contributed by atoms with van der Waals surface area (Å²) < 4.78 is 0. The summed E-state index contributed by atoms with van der Waals surface area (Å²) in [6, 6.07) is 7.40. The maximum Gasteiger partial charge on any atom is 0.248 e. The lowest BCUT2D eigenvalue weighted by atomic mass is 9.88. The van der Waals surface area contributed by atoms with E-state index < -0.39 is 5.91 Å². The number of nitrogens with one attached hydrogen (secondary N) is 2. The third-order valence-electron chi connectivity index (χ3n) is 5.80. The van der Waals surface area contributed by atoms with Gasteiger partial charge in [-0.2, -0.15) is 0 Å². The van der Waals surface area contributed by atoms with Crippen LogP contribution in [0.1, 0.15) is 61.4 Å². The Hall–Kier alpha value is -2.57. The molecule has 1 aromatic rings. The molecule has 1 heterocycles. The maximum absolute atomic E-state index is 12.8. The smallest absolute Gasteiger partial charge is 0.248 e.